The first kappa shape index (κ1) is 18.8. The number of fused-ring (bicyclic) bond motifs is 3. The van der Waals surface area contributed by atoms with Gasteiger partial charge in [-0.05, 0) is 45.2 Å². The lowest BCUT2D eigenvalue weighted by molar-refractivity contribution is -0.0259. The first-order chi connectivity index (χ1) is 14.2. The van der Waals surface area contributed by atoms with Crippen molar-refractivity contribution in [2.45, 2.75) is 44.8 Å². The molecule has 2 atom stereocenters. The maximum Gasteiger partial charge on any atom is 0.183 e. The lowest BCUT2D eigenvalue weighted by Gasteiger charge is -2.34. The first-order valence-corrected chi connectivity index (χ1v) is 11.2. The molecule has 1 aliphatic heterocycles. The predicted octanol–water partition coefficient (Wildman–Crippen LogP) is 3.16. The Morgan fingerprint density at radius 2 is 2.14 bits per heavy atom. The zero-order valence-electron chi connectivity index (χ0n) is 16.9. The van der Waals surface area contributed by atoms with Gasteiger partial charge in [0.25, 0.3) is 0 Å². The van der Waals surface area contributed by atoms with Gasteiger partial charge in [0.05, 0.1) is 30.3 Å². The van der Waals surface area contributed by atoms with Crippen molar-refractivity contribution >= 4 is 27.4 Å². The summed E-state index contributed by atoms with van der Waals surface area (Å²) < 4.78 is 6.04. The largest absolute Gasteiger partial charge is 0.373 e. The molecule has 1 aliphatic carbocycles. The molecule has 5 rings (SSSR count). The fourth-order valence-corrected chi connectivity index (χ4v) is 5.47. The number of hydrogen-bond acceptors (Lipinski definition) is 8. The molecule has 2 unspecified atom stereocenters. The number of rotatable bonds is 4. The van der Waals surface area contributed by atoms with E-state index in [2.05, 4.69) is 34.2 Å². The molecule has 7 nitrogen and oxygen atoms in total. The van der Waals surface area contributed by atoms with E-state index in [1.807, 2.05) is 11.3 Å². The quantitative estimate of drug-likeness (QED) is 0.708. The van der Waals surface area contributed by atoms with Crippen molar-refractivity contribution in [3.8, 4) is 11.5 Å². The second-order valence-electron chi connectivity index (χ2n) is 7.98. The number of likely N-dealkylation sites (N-methyl/N-ethyl adjacent to an activating group) is 1. The van der Waals surface area contributed by atoms with Gasteiger partial charge in [-0.1, -0.05) is 0 Å². The highest BCUT2D eigenvalue weighted by atomic mass is 32.1. The first-order valence-electron chi connectivity index (χ1n) is 10.3. The number of morpholine rings is 1. The Morgan fingerprint density at radius 3 is 2.97 bits per heavy atom. The lowest BCUT2D eigenvalue weighted by Crippen LogP contribution is -2.47. The molecule has 0 amide bonds. The van der Waals surface area contributed by atoms with E-state index in [9.17, 15) is 0 Å². The van der Waals surface area contributed by atoms with Crippen LogP contribution in [0.2, 0.25) is 0 Å². The summed E-state index contributed by atoms with van der Waals surface area (Å²) in [7, 11) is 2.15. The van der Waals surface area contributed by atoms with Crippen LogP contribution >= 0.6 is 11.3 Å². The van der Waals surface area contributed by atoms with Crippen molar-refractivity contribution in [3.05, 3.63) is 29.0 Å². The van der Waals surface area contributed by atoms with E-state index < -0.39 is 0 Å². The minimum Gasteiger partial charge on any atom is -0.373 e. The summed E-state index contributed by atoms with van der Waals surface area (Å²) in [4.78, 5) is 23.2. The van der Waals surface area contributed by atoms with Crippen molar-refractivity contribution in [3.63, 3.8) is 0 Å². The van der Waals surface area contributed by atoms with Crippen molar-refractivity contribution in [2.24, 2.45) is 0 Å². The van der Waals surface area contributed by atoms with Gasteiger partial charge >= 0.3 is 0 Å². The van der Waals surface area contributed by atoms with Crippen LogP contribution in [0.4, 0.5) is 5.82 Å². The molecule has 0 spiro atoms. The molecule has 1 fully saturated rings. The Morgan fingerprint density at radius 1 is 1.24 bits per heavy atom. The fraction of sp³-hybridized carbons (Fsp3) is 0.524. The van der Waals surface area contributed by atoms with Gasteiger partial charge in [-0.3, -0.25) is 4.98 Å². The zero-order chi connectivity index (χ0) is 19.8. The van der Waals surface area contributed by atoms with E-state index in [1.54, 1.807) is 18.6 Å². The highest BCUT2D eigenvalue weighted by Crippen LogP contribution is 2.39. The van der Waals surface area contributed by atoms with Crippen molar-refractivity contribution in [1.82, 2.24) is 24.8 Å². The van der Waals surface area contributed by atoms with Crippen LogP contribution in [-0.2, 0) is 17.6 Å². The van der Waals surface area contributed by atoms with Crippen LogP contribution in [0.3, 0.4) is 0 Å². The topological polar surface area (TPSA) is 76.1 Å². The van der Waals surface area contributed by atoms with Gasteiger partial charge in [0.1, 0.15) is 16.3 Å². The van der Waals surface area contributed by atoms with Crippen molar-refractivity contribution in [2.75, 3.05) is 32.1 Å². The number of ether oxygens (including phenoxy) is 1. The minimum atomic E-state index is 0.133. The predicted molar refractivity (Wildman–Crippen MR) is 115 cm³/mol. The molecular weight excluding hydrogens is 384 g/mol. The Labute approximate surface area is 174 Å². The van der Waals surface area contributed by atoms with Crippen molar-refractivity contribution < 1.29 is 4.74 Å². The molecule has 0 bridgehead atoms. The number of aryl methyl sites for hydroxylation is 2. The molecule has 8 heteroatoms. The van der Waals surface area contributed by atoms with Crippen LogP contribution in [0.5, 0.6) is 0 Å². The Hall–Kier alpha value is -2.16. The van der Waals surface area contributed by atoms with Crippen LogP contribution < -0.4 is 5.32 Å². The second-order valence-corrected chi connectivity index (χ2v) is 9.07. The van der Waals surface area contributed by atoms with Crippen LogP contribution in [0.15, 0.2) is 18.6 Å². The molecule has 2 aliphatic rings. The van der Waals surface area contributed by atoms with E-state index in [0.717, 1.165) is 43.2 Å². The number of nitrogens with one attached hydrogen (secondary N) is 1. The highest BCUT2D eigenvalue weighted by Gasteiger charge is 2.27. The molecule has 1 saturated heterocycles. The molecule has 0 radical (unpaired) electrons. The van der Waals surface area contributed by atoms with Gasteiger partial charge in [0, 0.05) is 30.4 Å². The van der Waals surface area contributed by atoms with E-state index in [1.165, 1.54) is 28.7 Å². The van der Waals surface area contributed by atoms with Gasteiger partial charge in [-0.15, -0.1) is 11.3 Å². The highest BCUT2D eigenvalue weighted by molar-refractivity contribution is 7.19. The molecule has 29 heavy (non-hydrogen) atoms. The Balaban J connectivity index is 1.57. The van der Waals surface area contributed by atoms with E-state index in [0.29, 0.717) is 11.5 Å². The summed E-state index contributed by atoms with van der Waals surface area (Å²) in [6.07, 6.45) is 9.95. The molecule has 0 aromatic carbocycles. The standard InChI is InChI=1S/C21H26N6OS/c1-13(16-12-27(2)9-10-28-16)24-20-18-14-5-3-4-6-17(14)29-21(18)26-19(25-20)15-11-22-7-8-23-15/h7-8,11,13,16H,3-6,9-10,12H2,1-2H3,(H,24,25,26). The van der Waals surface area contributed by atoms with Gasteiger partial charge in [-0.2, -0.15) is 0 Å². The monoisotopic (exact) mass is 410 g/mol. The molecule has 4 heterocycles. The fourth-order valence-electron chi connectivity index (χ4n) is 4.21. The number of nitrogens with zero attached hydrogens (tertiary/aromatic N) is 5. The number of anilines is 1. The Bertz CT molecular complexity index is 1010. The molecular formula is C21H26N6OS. The summed E-state index contributed by atoms with van der Waals surface area (Å²) in [6.45, 7) is 4.85. The van der Waals surface area contributed by atoms with E-state index in [4.69, 9.17) is 14.7 Å². The summed E-state index contributed by atoms with van der Waals surface area (Å²) in [5.74, 6) is 1.53. The molecule has 152 valence electrons. The normalized spacial score (nSPS) is 21.1. The average molecular weight is 411 g/mol. The maximum atomic E-state index is 6.04. The van der Waals surface area contributed by atoms with Crippen LogP contribution in [0, 0.1) is 0 Å². The van der Waals surface area contributed by atoms with Gasteiger partial charge in [0.15, 0.2) is 5.82 Å². The van der Waals surface area contributed by atoms with Crippen LogP contribution in [0.1, 0.15) is 30.2 Å². The van der Waals surface area contributed by atoms with Gasteiger partial charge < -0.3 is 15.0 Å². The molecule has 3 aromatic rings. The molecule has 1 N–H and O–H groups in total. The van der Waals surface area contributed by atoms with Crippen LogP contribution in [-0.4, -0.2) is 63.7 Å². The minimum absolute atomic E-state index is 0.133. The lowest BCUT2D eigenvalue weighted by atomic mass is 9.97. The number of hydrogen-bond donors (Lipinski definition) is 1. The third-order valence-corrected chi connectivity index (χ3v) is 7.01. The van der Waals surface area contributed by atoms with Gasteiger partial charge in [0.2, 0.25) is 0 Å². The second kappa shape index (κ2) is 7.93. The zero-order valence-corrected chi connectivity index (χ0v) is 17.7. The van der Waals surface area contributed by atoms with Crippen LogP contribution in [0.25, 0.3) is 21.7 Å². The van der Waals surface area contributed by atoms with Gasteiger partial charge in [-0.25, -0.2) is 15.0 Å². The van der Waals surface area contributed by atoms with Crippen molar-refractivity contribution in [1.29, 1.82) is 0 Å². The van der Waals surface area contributed by atoms with E-state index >= 15 is 0 Å². The third kappa shape index (κ3) is 3.72. The summed E-state index contributed by atoms with van der Waals surface area (Å²) in [5.41, 5.74) is 2.13. The number of thiophene rings is 1. The summed E-state index contributed by atoms with van der Waals surface area (Å²) in [6, 6.07) is 0.143. The average Bonchev–Trinajstić information content (AvgIpc) is 3.13. The summed E-state index contributed by atoms with van der Waals surface area (Å²) >= 11 is 1.81. The van der Waals surface area contributed by atoms with E-state index in [-0.39, 0.29) is 12.1 Å². The molecule has 3 aromatic heterocycles. The SMILES string of the molecule is CC(Nc1nc(-c2cnccn2)nc2sc3c(c12)CCCC3)C1CN(C)CCO1. The summed E-state index contributed by atoms with van der Waals surface area (Å²) in [5, 5.41) is 4.87. The third-order valence-electron chi connectivity index (χ3n) is 5.83. The Kier molecular flexibility index (Phi) is 5.15. The smallest absolute Gasteiger partial charge is 0.183 e. The number of aromatic nitrogens is 4. The maximum absolute atomic E-state index is 6.04. The molecule has 0 saturated carbocycles.